The van der Waals surface area contributed by atoms with Crippen molar-refractivity contribution in [1.29, 1.82) is 0 Å². The third-order valence-electron chi connectivity index (χ3n) is 2.82. The lowest BCUT2D eigenvalue weighted by Crippen LogP contribution is -2.32. The second kappa shape index (κ2) is 9.62. The Balaban J connectivity index is 2.41. The van der Waals surface area contributed by atoms with Crippen molar-refractivity contribution in [2.75, 3.05) is 47.1 Å². The van der Waals surface area contributed by atoms with Gasteiger partial charge in [0.1, 0.15) is 0 Å². The van der Waals surface area contributed by atoms with Crippen molar-refractivity contribution in [3.05, 3.63) is 54.5 Å². The zero-order valence-electron chi connectivity index (χ0n) is 12.0. The first-order valence-electron chi connectivity index (χ1n) is 6.54. The third-order valence-corrected chi connectivity index (χ3v) is 2.82. The summed E-state index contributed by atoms with van der Waals surface area (Å²) in [4.78, 5) is 2.29. The van der Waals surface area contributed by atoms with E-state index in [1.165, 1.54) is 5.56 Å². The van der Waals surface area contributed by atoms with Crippen LogP contribution in [0.3, 0.4) is 0 Å². The van der Waals surface area contributed by atoms with Crippen LogP contribution in [0.25, 0.3) is 0 Å². The van der Waals surface area contributed by atoms with Gasteiger partial charge in [-0.1, -0.05) is 6.07 Å². The number of methoxy groups -OCH3 is 2. The first-order valence-corrected chi connectivity index (χ1v) is 6.54. The van der Waals surface area contributed by atoms with Gasteiger partial charge in [0.15, 0.2) is 0 Å². The zero-order valence-corrected chi connectivity index (χ0v) is 12.0. The SMILES string of the molecule is C=C([CH-]c1ccccc1)CN(CCOC)CCOC. The van der Waals surface area contributed by atoms with Gasteiger partial charge in [-0.15, -0.1) is 41.8 Å². The van der Waals surface area contributed by atoms with E-state index in [1.807, 2.05) is 18.2 Å². The summed E-state index contributed by atoms with van der Waals surface area (Å²) in [5.74, 6) is 0. The number of rotatable bonds is 10. The van der Waals surface area contributed by atoms with Gasteiger partial charge in [-0.05, 0) is 0 Å². The predicted molar refractivity (Wildman–Crippen MR) is 79.2 cm³/mol. The highest BCUT2D eigenvalue weighted by Crippen LogP contribution is 2.10. The number of hydrogen-bond donors (Lipinski definition) is 0. The molecule has 0 saturated carbocycles. The van der Waals surface area contributed by atoms with Crippen LogP contribution in [0, 0.1) is 6.42 Å². The Bertz CT molecular complexity index is 343. The minimum Gasteiger partial charge on any atom is -0.383 e. The van der Waals surface area contributed by atoms with Gasteiger partial charge in [0.25, 0.3) is 0 Å². The van der Waals surface area contributed by atoms with Gasteiger partial charge in [-0.2, -0.15) is 6.58 Å². The molecule has 0 aliphatic rings. The van der Waals surface area contributed by atoms with E-state index in [4.69, 9.17) is 9.47 Å². The Morgan fingerprint density at radius 1 is 1.11 bits per heavy atom. The van der Waals surface area contributed by atoms with Gasteiger partial charge in [0.2, 0.25) is 0 Å². The lowest BCUT2D eigenvalue weighted by Gasteiger charge is -2.24. The van der Waals surface area contributed by atoms with E-state index in [0.717, 1.165) is 38.4 Å². The predicted octanol–water partition coefficient (Wildman–Crippen LogP) is 2.39. The lowest BCUT2D eigenvalue weighted by atomic mass is 10.1. The second-order valence-electron chi connectivity index (χ2n) is 4.48. The molecule has 0 N–H and O–H groups in total. The minimum absolute atomic E-state index is 0.725. The van der Waals surface area contributed by atoms with E-state index in [-0.39, 0.29) is 0 Å². The van der Waals surface area contributed by atoms with Gasteiger partial charge < -0.3 is 9.47 Å². The molecule has 0 unspecified atom stereocenters. The Kier molecular flexibility index (Phi) is 7.98. The van der Waals surface area contributed by atoms with Crippen LogP contribution in [0.2, 0.25) is 0 Å². The van der Waals surface area contributed by atoms with Crippen LogP contribution >= 0.6 is 0 Å². The number of nitrogens with zero attached hydrogens (tertiary/aromatic N) is 1. The first-order chi connectivity index (χ1) is 9.26. The molecule has 19 heavy (non-hydrogen) atoms. The third kappa shape index (κ3) is 7.01. The Morgan fingerprint density at radius 3 is 2.21 bits per heavy atom. The van der Waals surface area contributed by atoms with Crippen LogP contribution < -0.4 is 0 Å². The molecule has 0 atom stereocenters. The van der Waals surface area contributed by atoms with E-state index in [0.29, 0.717) is 0 Å². The fourth-order valence-electron chi connectivity index (χ4n) is 1.83. The molecule has 3 heteroatoms. The number of hydrogen-bond acceptors (Lipinski definition) is 3. The Hall–Kier alpha value is -1.29. The molecule has 106 valence electrons. The molecule has 0 bridgehead atoms. The van der Waals surface area contributed by atoms with Crippen LogP contribution in [0.4, 0.5) is 0 Å². The van der Waals surface area contributed by atoms with Crippen molar-refractivity contribution in [2.24, 2.45) is 0 Å². The van der Waals surface area contributed by atoms with Crippen LogP contribution in [-0.4, -0.2) is 52.0 Å². The van der Waals surface area contributed by atoms with Gasteiger partial charge >= 0.3 is 0 Å². The quantitative estimate of drug-likeness (QED) is 0.604. The molecule has 1 aromatic carbocycles. The van der Waals surface area contributed by atoms with Gasteiger partial charge in [0, 0.05) is 33.9 Å². The molecule has 0 aliphatic heterocycles. The van der Waals surface area contributed by atoms with Crippen molar-refractivity contribution < 1.29 is 9.47 Å². The molecule has 0 aromatic heterocycles. The maximum atomic E-state index is 5.13. The summed E-state index contributed by atoms with van der Waals surface area (Å²) >= 11 is 0. The van der Waals surface area contributed by atoms with Gasteiger partial charge in [-0.3, -0.25) is 4.90 Å². The van der Waals surface area contributed by atoms with Crippen molar-refractivity contribution in [2.45, 2.75) is 0 Å². The van der Waals surface area contributed by atoms with E-state index in [2.05, 4.69) is 30.0 Å². The second-order valence-corrected chi connectivity index (χ2v) is 4.48. The topological polar surface area (TPSA) is 21.7 Å². The number of benzene rings is 1. The Labute approximate surface area is 116 Å². The maximum absolute atomic E-state index is 5.13. The summed E-state index contributed by atoms with van der Waals surface area (Å²) in [5.41, 5.74) is 2.28. The molecule has 0 spiro atoms. The standard InChI is InChI=1S/C16H24NO2/c1-15(13-16-7-5-4-6-8-16)14-17(9-11-18-2)10-12-19-3/h4-8,13H,1,9-12,14H2,2-3H3/q-1. The highest BCUT2D eigenvalue weighted by molar-refractivity contribution is 5.32. The van der Waals surface area contributed by atoms with Crippen molar-refractivity contribution in [3.63, 3.8) is 0 Å². The van der Waals surface area contributed by atoms with Crippen LogP contribution in [-0.2, 0) is 9.47 Å². The molecule has 0 radical (unpaired) electrons. The van der Waals surface area contributed by atoms with E-state index in [1.54, 1.807) is 14.2 Å². The van der Waals surface area contributed by atoms with E-state index >= 15 is 0 Å². The van der Waals surface area contributed by atoms with Crippen LogP contribution in [0.15, 0.2) is 42.5 Å². The highest BCUT2D eigenvalue weighted by atomic mass is 16.5. The first kappa shape index (κ1) is 15.8. The Morgan fingerprint density at radius 2 is 1.68 bits per heavy atom. The average molecular weight is 262 g/mol. The maximum Gasteiger partial charge on any atom is 0.0589 e. The molecule has 3 nitrogen and oxygen atoms in total. The fraction of sp³-hybridized carbons (Fsp3) is 0.438. The molecule has 0 heterocycles. The monoisotopic (exact) mass is 262 g/mol. The highest BCUT2D eigenvalue weighted by Gasteiger charge is 2.04. The van der Waals surface area contributed by atoms with Gasteiger partial charge in [0.05, 0.1) is 13.2 Å². The summed E-state index contributed by atoms with van der Waals surface area (Å²) in [6.07, 6.45) is 2.12. The minimum atomic E-state index is 0.725. The molecule has 0 aliphatic carbocycles. The largest absolute Gasteiger partial charge is 0.383 e. The van der Waals surface area contributed by atoms with Crippen molar-refractivity contribution >= 4 is 0 Å². The summed E-state index contributed by atoms with van der Waals surface area (Å²) in [5, 5.41) is 0. The van der Waals surface area contributed by atoms with Crippen molar-refractivity contribution in [3.8, 4) is 0 Å². The van der Waals surface area contributed by atoms with Crippen LogP contribution in [0.1, 0.15) is 5.56 Å². The normalized spacial score (nSPS) is 10.7. The lowest BCUT2D eigenvalue weighted by molar-refractivity contribution is 0.120. The van der Waals surface area contributed by atoms with Crippen LogP contribution in [0.5, 0.6) is 0 Å². The molecule has 1 rings (SSSR count). The van der Waals surface area contributed by atoms with Gasteiger partial charge in [-0.25, -0.2) is 0 Å². The summed E-state index contributed by atoms with van der Waals surface area (Å²) in [6, 6.07) is 10.3. The smallest absolute Gasteiger partial charge is 0.0589 e. The molecular formula is C16H24NO2-. The molecule has 1 aromatic rings. The zero-order chi connectivity index (χ0) is 13.9. The summed E-state index contributed by atoms with van der Waals surface area (Å²) in [6.45, 7) is 8.19. The molecular weight excluding hydrogens is 238 g/mol. The molecule has 0 fully saturated rings. The molecule has 0 saturated heterocycles. The summed E-state index contributed by atoms with van der Waals surface area (Å²) in [7, 11) is 3.44. The molecule has 0 amide bonds. The van der Waals surface area contributed by atoms with Crippen molar-refractivity contribution in [1.82, 2.24) is 4.90 Å². The van der Waals surface area contributed by atoms with E-state index in [9.17, 15) is 0 Å². The van der Waals surface area contributed by atoms with E-state index < -0.39 is 0 Å². The average Bonchev–Trinajstić information content (AvgIpc) is 2.43. The number of ether oxygens (including phenoxy) is 2. The summed E-state index contributed by atoms with van der Waals surface area (Å²) < 4.78 is 10.3. The fourth-order valence-corrected chi connectivity index (χ4v) is 1.83.